The Morgan fingerprint density at radius 2 is 1.36 bits per heavy atom. The zero-order chi connectivity index (χ0) is 31.2. The van der Waals surface area contributed by atoms with E-state index in [1.807, 2.05) is 27.7 Å². The molecule has 3 rings (SSSR count). The fourth-order valence-corrected chi connectivity index (χ4v) is 5.88. The van der Waals surface area contributed by atoms with E-state index in [4.69, 9.17) is 14.2 Å². The van der Waals surface area contributed by atoms with E-state index >= 15 is 0 Å². The summed E-state index contributed by atoms with van der Waals surface area (Å²) in [5, 5.41) is 13.2. The van der Waals surface area contributed by atoms with Gasteiger partial charge in [-0.25, -0.2) is 14.8 Å². The molecule has 0 saturated carbocycles. The number of benzene rings is 1. The summed E-state index contributed by atoms with van der Waals surface area (Å²) in [7, 11) is 3.06. The molecule has 11 nitrogen and oxygen atoms in total. The molecule has 2 atom stereocenters. The van der Waals surface area contributed by atoms with Crippen LogP contribution in [0, 0.1) is 11.8 Å². The molecule has 0 aliphatic heterocycles. The van der Waals surface area contributed by atoms with Crippen LogP contribution in [-0.2, 0) is 4.74 Å². The summed E-state index contributed by atoms with van der Waals surface area (Å²) in [6.07, 6.45) is -0.545. The van der Waals surface area contributed by atoms with Gasteiger partial charge in [0.05, 0.1) is 32.0 Å². The summed E-state index contributed by atoms with van der Waals surface area (Å²) in [4.78, 5) is 47.7. The van der Waals surface area contributed by atoms with E-state index in [9.17, 15) is 14.4 Å². The van der Waals surface area contributed by atoms with Crippen molar-refractivity contribution in [2.24, 2.45) is 11.8 Å². The predicted molar refractivity (Wildman–Crippen MR) is 164 cm³/mol. The molecule has 228 valence electrons. The second kappa shape index (κ2) is 14.0. The number of hydrogen-bond acceptors (Lipinski definition) is 10. The Bertz CT molecular complexity index is 1400. The Hall–Kier alpha value is -3.71. The molecule has 3 N–H and O–H groups in total. The number of rotatable bonds is 11. The smallest absolute Gasteiger partial charge is 0.408 e. The topological polar surface area (TPSA) is 141 Å². The number of thiazole rings is 2. The van der Waals surface area contributed by atoms with Crippen LogP contribution in [0.2, 0.25) is 0 Å². The first-order valence-electron chi connectivity index (χ1n) is 13.5. The molecular weight excluding hydrogens is 578 g/mol. The Labute approximate surface area is 254 Å². The molecule has 0 saturated heterocycles. The van der Waals surface area contributed by atoms with Gasteiger partial charge in [0.2, 0.25) is 0 Å². The number of ether oxygens (including phenoxy) is 3. The number of methoxy groups -OCH3 is 2. The number of carbonyl (C=O) groups excluding carboxylic acids is 3. The molecule has 42 heavy (non-hydrogen) atoms. The second-order valence-electron chi connectivity index (χ2n) is 11.2. The lowest BCUT2D eigenvalue weighted by molar-refractivity contribution is 0.0489. The molecule has 3 aromatic rings. The fourth-order valence-electron chi connectivity index (χ4n) is 3.83. The van der Waals surface area contributed by atoms with Crippen LogP contribution >= 0.6 is 22.7 Å². The quantitative estimate of drug-likeness (QED) is 0.230. The standard InChI is InChI=1S/C29H39N5O6S2/c1-15(2)22(26-31-19(13-41-26)24(35)30-18-11-10-17(38-8)12-21(18)39-9)33-25(36)20-14-42-27(32-20)23(16(3)4)34-28(37)40-29(5,6)7/h10-16,22-23H,1-9H3,(H,30,35)(H,33,36)(H,34,37)/t22-,23-/m0/s1. The molecule has 0 radical (unpaired) electrons. The maximum Gasteiger partial charge on any atom is 0.408 e. The number of nitrogens with zero attached hydrogens (tertiary/aromatic N) is 2. The van der Waals surface area contributed by atoms with E-state index in [-0.39, 0.29) is 29.1 Å². The Balaban J connectivity index is 1.72. The van der Waals surface area contributed by atoms with Crippen LogP contribution in [0.25, 0.3) is 0 Å². The zero-order valence-electron chi connectivity index (χ0n) is 25.4. The van der Waals surface area contributed by atoms with Gasteiger partial charge in [0.15, 0.2) is 0 Å². The number of carbonyl (C=O) groups is 3. The predicted octanol–water partition coefficient (Wildman–Crippen LogP) is 6.22. The van der Waals surface area contributed by atoms with Crippen molar-refractivity contribution in [2.75, 3.05) is 19.5 Å². The third kappa shape index (κ3) is 8.65. The number of aromatic nitrogens is 2. The van der Waals surface area contributed by atoms with E-state index in [2.05, 4.69) is 25.9 Å². The Morgan fingerprint density at radius 1 is 0.810 bits per heavy atom. The third-order valence-electron chi connectivity index (χ3n) is 5.99. The molecular formula is C29H39N5O6S2. The van der Waals surface area contributed by atoms with E-state index in [1.165, 1.54) is 29.8 Å². The first kappa shape index (κ1) is 32.8. The molecule has 0 bridgehead atoms. The van der Waals surface area contributed by atoms with Crippen molar-refractivity contribution in [3.8, 4) is 11.5 Å². The summed E-state index contributed by atoms with van der Waals surface area (Å²) in [6.45, 7) is 13.2. The van der Waals surface area contributed by atoms with Gasteiger partial charge in [-0.3, -0.25) is 9.59 Å². The highest BCUT2D eigenvalue weighted by molar-refractivity contribution is 7.10. The largest absolute Gasteiger partial charge is 0.497 e. The average Bonchev–Trinajstić information content (AvgIpc) is 3.60. The minimum atomic E-state index is -0.635. The van der Waals surface area contributed by atoms with E-state index < -0.39 is 29.7 Å². The van der Waals surface area contributed by atoms with Gasteiger partial charge in [-0.2, -0.15) is 0 Å². The minimum absolute atomic E-state index is 0.0146. The number of nitrogens with one attached hydrogen (secondary N) is 3. The average molecular weight is 618 g/mol. The number of alkyl carbamates (subject to hydrolysis) is 1. The molecule has 2 heterocycles. The molecule has 13 heteroatoms. The highest BCUT2D eigenvalue weighted by Crippen LogP contribution is 2.31. The fraction of sp³-hybridized carbons (Fsp3) is 0.483. The van der Waals surface area contributed by atoms with Crippen LogP contribution in [0.3, 0.4) is 0 Å². The van der Waals surface area contributed by atoms with Crippen molar-refractivity contribution in [2.45, 2.75) is 66.2 Å². The van der Waals surface area contributed by atoms with E-state index in [0.717, 1.165) is 0 Å². The van der Waals surface area contributed by atoms with Gasteiger partial charge in [0.25, 0.3) is 11.8 Å². The van der Waals surface area contributed by atoms with Gasteiger partial charge >= 0.3 is 6.09 Å². The van der Waals surface area contributed by atoms with Gasteiger partial charge in [-0.05, 0) is 44.7 Å². The first-order chi connectivity index (χ1) is 19.7. The molecule has 0 aliphatic rings. The van der Waals surface area contributed by atoms with Crippen LogP contribution < -0.4 is 25.4 Å². The van der Waals surface area contributed by atoms with E-state index in [1.54, 1.807) is 56.8 Å². The number of anilines is 1. The third-order valence-corrected chi connectivity index (χ3v) is 7.85. The summed E-state index contributed by atoms with van der Waals surface area (Å²) >= 11 is 2.58. The van der Waals surface area contributed by atoms with Gasteiger partial charge in [0.1, 0.15) is 38.5 Å². The maximum absolute atomic E-state index is 13.2. The maximum atomic E-state index is 13.2. The monoisotopic (exact) mass is 617 g/mol. The van der Waals surface area contributed by atoms with Crippen LogP contribution in [0.5, 0.6) is 11.5 Å². The van der Waals surface area contributed by atoms with E-state index in [0.29, 0.717) is 27.2 Å². The summed E-state index contributed by atoms with van der Waals surface area (Å²) in [6, 6.07) is 4.21. The van der Waals surface area contributed by atoms with Crippen molar-refractivity contribution in [3.63, 3.8) is 0 Å². The number of amides is 3. The van der Waals surface area contributed by atoms with Crippen molar-refractivity contribution in [1.82, 2.24) is 20.6 Å². The lowest BCUT2D eigenvalue weighted by Gasteiger charge is -2.24. The summed E-state index contributed by atoms with van der Waals surface area (Å²) in [5.74, 6) is 0.266. The van der Waals surface area contributed by atoms with Crippen molar-refractivity contribution < 1.29 is 28.6 Å². The molecule has 0 unspecified atom stereocenters. The molecule has 1 aromatic carbocycles. The van der Waals surface area contributed by atoms with Crippen molar-refractivity contribution in [3.05, 3.63) is 50.4 Å². The van der Waals surface area contributed by atoms with Crippen molar-refractivity contribution >= 4 is 46.3 Å². The Morgan fingerprint density at radius 3 is 1.86 bits per heavy atom. The zero-order valence-corrected chi connectivity index (χ0v) is 27.0. The highest BCUT2D eigenvalue weighted by Gasteiger charge is 2.28. The van der Waals surface area contributed by atoms with Crippen LogP contribution in [-0.4, -0.2) is 47.7 Å². The van der Waals surface area contributed by atoms with Crippen LogP contribution in [0.1, 0.15) is 91.5 Å². The number of hydrogen-bond donors (Lipinski definition) is 3. The molecule has 3 amide bonds. The molecule has 0 spiro atoms. The van der Waals surface area contributed by atoms with Crippen LogP contribution in [0.4, 0.5) is 10.5 Å². The molecule has 2 aromatic heterocycles. The first-order valence-corrected chi connectivity index (χ1v) is 15.2. The summed E-state index contributed by atoms with van der Waals surface area (Å²) < 4.78 is 16.0. The molecule has 0 aliphatic carbocycles. The molecule has 0 fully saturated rings. The lowest BCUT2D eigenvalue weighted by Crippen LogP contribution is -2.37. The second-order valence-corrected chi connectivity index (χ2v) is 13.0. The van der Waals surface area contributed by atoms with Crippen molar-refractivity contribution in [1.29, 1.82) is 0 Å². The van der Waals surface area contributed by atoms with Gasteiger partial charge in [-0.1, -0.05) is 27.7 Å². The summed E-state index contributed by atoms with van der Waals surface area (Å²) in [5.41, 5.74) is 0.298. The van der Waals surface area contributed by atoms with Gasteiger partial charge in [-0.15, -0.1) is 22.7 Å². The van der Waals surface area contributed by atoms with Gasteiger partial charge in [0, 0.05) is 16.8 Å². The SMILES string of the molecule is COc1ccc(NC(=O)c2csc([C@@H](NC(=O)c3csc([C@@H](NC(=O)OC(C)(C)C)C(C)C)n3)C(C)C)n2)c(OC)c1. The Kier molecular flexibility index (Phi) is 10.9. The highest BCUT2D eigenvalue weighted by atomic mass is 32.1. The van der Waals surface area contributed by atoms with Crippen LogP contribution in [0.15, 0.2) is 29.0 Å². The normalized spacial score (nSPS) is 12.9. The van der Waals surface area contributed by atoms with Gasteiger partial charge < -0.3 is 30.2 Å². The minimum Gasteiger partial charge on any atom is -0.497 e. The lowest BCUT2D eigenvalue weighted by atomic mass is 10.0.